The molecule has 106 valence electrons. The Balaban J connectivity index is 1.56. The first-order valence-corrected chi connectivity index (χ1v) is 7.49. The van der Waals surface area contributed by atoms with Gasteiger partial charge in [-0.1, -0.05) is 6.92 Å². The van der Waals surface area contributed by atoms with Gasteiger partial charge in [-0.15, -0.1) is 0 Å². The molecule has 1 aromatic rings. The van der Waals surface area contributed by atoms with Gasteiger partial charge >= 0.3 is 0 Å². The molecule has 0 aliphatic carbocycles. The molecule has 19 heavy (non-hydrogen) atoms. The Morgan fingerprint density at radius 2 is 2.11 bits per heavy atom. The van der Waals surface area contributed by atoms with Gasteiger partial charge in [0.2, 0.25) is 0 Å². The van der Waals surface area contributed by atoms with E-state index in [2.05, 4.69) is 23.2 Å². The van der Waals surface area contributed by atoms with Crippen LogP contribution in [0.5, 0.6) is 0 Å². The van der Waals surface area contributed by atoms with Crippen molar-refractivity contribution < 1.29 is 9.15 Å². The summed E-state index contributed by atoms with van der Waals surface area (Å²) in [5.41, 5.74) is 1.30. The van der Waals surface area contributed by atoms with Crippen molar-refractivity contribution in [3.05, 3.63) is 23.7 Å². The van der Waals surface area contributed by atoms with Gasteiger partial charge in [-0.3, -0.25) is 4.90 Å². The van der Waals surface area contributed by atoms with Crippen LogP contribution in [0, 0.1) is 0 Å². The van der Waals surface area contributed by atoms with Crippen molar-refractivity contribution in [2.24, 2.45) is 0 Å². The van der Waals surface area contributed by atoms with E-state index in [0.29, 0.717) is 12.2 Å². The standard InChI is InChI=1S/C15H24N2O2/c1-2-6-16-8-12-5-7-18-15(12)11-17-9-13-3-4-14(10-17)19-13/h5,7,13-14,16H,2-4,6,8-11H2,1H3. The molecule has 0 amide bonds. The van der Waals surface area contributed by atoms with Crippen LogP contribution in [0.4, 0.5) is 0 Å². The third kappa shape index (κ3) is 3.19. The first-order chi connectivity index (χ1) is 9.35. The number of furan rings is 1. The minimum Gasteiger partial charge on any atom is -0.468 e. The molecule has 4 heteroatoms. The van der Waals surface area contributed by atoms with Crippen molar-refractivity contribution in [1.29, 1.82) is 0 Å². The van der Waals surface area contributed by atoms with E-state index in [1.54, 1.807) is 0 Å². The van der Waals surface area contributed by atoms with Crippen LogP contribution in [0.15, 0.2) is 16.7 Å². The summed E-state index contributed by atoms with van der Waals surface area (Å²) >= 11 is 0. The Hall–Kier alpha value is -0.840. The highest BCUT2D eigenvalue weighted by Crippen LogP contribution is 2.27. The van der Waals surface area contributed by atoms with Crippen LogP contribution in [-0.2, 0) is 17.8 Å². The molecule has 3 heterocycles. The van der Waals surface area contributed by atoms with E-state index in [1.807, 2.05) is 6.26 Å². The molecule has 0 radical (unpaired) electrons. The van der Waals surface area contributed by atoms with Crippen LogP contribution in [0.2, 0.25) is 0 Å². The number of morpholine rings is 1. The lowest BCUT2D eigenvalue weighted by Gasteiger charge is -2.31. The lowest BCUT2D eigenvalue weighted by Crippen LogP contribution is -2.42. The molecule has 4 nitrogen and oxygen atoms in total. The molecule has 2 saturated heterocycles. The lowest BCUT2D eigenvalue weighted by molar-refractivity contribution is -0.0428. The minimum absolute atomic E-state index is 0.454. The summed E-state index contributed by atoms with van der Waals surface area (Å²) in [6.45, 7) is 7.19. The highest BCUT2D eigenvalue weighted by Gasteiger charge is 2.33. The molecule has 2 fully saturated rings. The van der Waals surface area contributed by atoms with Gasteiger partial charge in [0, 0.05) is 25.2 Å². The molecule has 2 atom stereocenters. The predicted molar refractivity (Wildman–Crippen MR) is 73.9 cm³/mol. The van der Waals surface area contributed by atoms with E-state index in [-0.39, 0.29) is 0 Å². The fraction of sp³-hybridized carbons (Fsp3) is 0.733. The van der Waals surface area contributed by atoms with Gasteiger partial charge in [-0.05, 0) is 31.9 Å². The second-order valence-corrected chi connectivity index (χ2v) is 5.70. The van der Waals surface area contributed by atoms with E-state index < -0.39 is 0 Å². The van der Waals surface area contributed by atoms with Crippen molar-refractivity contribution in [3.8, 4) is 0 Å². The second-order valence-electron chi connectivity index (χ2n) is 5.70. The van der Waals surface area contributed by atoms with Gasteiger partial charge in [0.25, 0.3) is 0 Å². The normalized spacial score (nSPS) is 27.0. The van der Waals surface area contributed by atoms with Crippen LogP contribution in [0.3, 0.4) is 0 Å². The third-order valence-corrected chi connectivity index (χ3v) is 4.07. The van der Waals surface area contributed by atoms with Gasteiger partial charge in [-0.2, -0.15) is 0 Å². The molecule has 1 aromatic heterocycles. The maximum Gasteiger partial charge on any atom is 0.122 e. The van der Waals surface area contributed by atoms with Gasteiger partial charge in [0.15, 0.2) is 0 Å². The van der Waals surface area contributed by atoms with Crippen LogP contribution >= 0.6 is 0 Å². The number of likely N-dealkylation sites (tertiary alicyclic amines) is 1. The minimum atomic E-state index is 0.454. The first-order valence-electron chi connectivity index (χ1n) is 7.49. The summed E-state index contributed by atoms with van der Waals surface area (Å²) in [6.07, 6.45) is 6.34. The van der Waals surface area contributed by atoms with Crippen molar-refractivity contribution >= 4 is 0 Å². The number of ether oxygens (including phenoxy) is 1. The van der Waals surface area contributed by atoms with Crippen LogP contribution < -0.4 is 5.32 Å². The zero-order valence-corrected chi connectivity index (χ0v) is 11.7. The zero-order chi connectivity index (χ0) is 13.1. The largest absolute Gasteiger partial charge is 0.468 e. The second kappa shape index (κ2) is 6.07. The molecule has 1 N–H and O–H groups in total. The number of fused-ring (bicyclic) bond motifs is 2. The average Bonchev–Trinajstić information content (AvgIpc) is 2.97. The fourth-order valence-corrected chi connectivity index (χ4v) is 3.09. The predicted octanol–water partition coefficient (Wildman–Crippen LogP) is 2.14. The zero-order valence-electron chi connectivity index (χ0n) is 11.7. The number of nitrogens with zero attached hydrogens (tertiary/aromatic N) is 1. The number of hydrogen-bond donors (Lipinski definition) is 1. The van der Waals surface area contributed by atoms with E-state index in [1.165, 1.54) is 24.8 Å². The molecular weight excluding hydrogens is 240 g/mol. The van der Waals surface area contributed by atoms with E-state index >= 15 is 0 Å². The van der Waals surface area contributed by atoms with E-state index in [4.69, 9.17) is 9.15 Å². The highest BCUT2D eigenvalue weighted by atomic mass is 16.5. The Bertz CT molecular complexity index is 393. The number of nitrogens with one attached hydrogen (secondary N) is 1. The summed E-state index contributed by atoms with van der Waals surface area (Å²) < 4.78 is 11.5. The van der Waals surface area contributed by atoms with Crippen molar-refractivity contribution in [3.63, 3.8) is 0 Å². The summed E-state index contributed by atoms with van der Waals surface area (Å²) in [4.78, 5) is 2.48. The van der Waals surface area contributed by atoms with Crippen molar-refractivity contribution in [2.45, 2.75) is 51.5 Å². The molecule has 0 spiro atoms. The Labute approximate surface area is 115 Å². The molecule has 3 rings (SSSR count). The molecule has 2 aliphatic rings. The van der Waals surface area contributed by atoms with E-state index in [0.717, 1.165) is 38.5 Å². The maximum absolute atomic E-state index is 5.87. The van der Waals surface area contributed by atoms with Crippen LogP contribution in [0.1, 0.15) is 37.5 Å². The van der Waals surface area contributed by atoms with Gasteiger partial charge in [-0.25, -0.2) is 0 Å². The first kappa shape index (κ1) is 13.2. The average molecular weight is 264 g/mol. The molecule has 0 saturated carbocycles. The number of hydrogen-bond acceptors (Lipinski definition) is 4. The third-order valence-electron chi connectivity index (χ3n) is 4.07. The van der Waals surface area contributed by atoms with Gasteiger partial charge in [0.05, 0.1) is 25.0 Å². The topological polar surface area (TPSA) is 37.6 Å². The Morgan fingerprint density at radius 3 is 2.84 bits per heavy atom. The summed E-state index contributed by atoms with van der Waals surface area (Å²) in [6, 6.07) is 2.09. The Morgan fingerprint density at radius 1 is 1.32 bits per heavy atom. The smallest absolute Gasteiger partial charge is 0.122 e. The summed E-state index contributed by atoms with van der Waals surface area (Å²) in [5, 5.41) is 3.44. The van der Waals surface area contributed by atoms with E-state index in [9.17, 15) is 0 Å². The molecule has 2 aliphatic heterocycles. The SMILES string of the molecule is CCCNCc1ccoc1CN1CC2CCC(C1)O2. The summed E-state index contributed by atoms with van der Waals surface area (Å²) in [7, 11) is 0. The number of rotatable bonds is 6. The molecule has 0 aromatic carbocycles. The Kier molecular flexibility index (Phi) is 4.21. The monoisotopic (exact) mass is 264 g/mol. The molecular formula is C15H24N2O2. The maximum atomic E-state index is 5.87. The van der Waals surface area contributed by atoms with Gasteiger partial charge < -0.3 is 14.5 Å². The van der Waals surface area contributed by atoms with Crippen molar-refractivity contribution in [2.75, 3.05) is 19.6 Å². The fourth-order valence-electron chi connectivity index (χ4n) is 3.09. The van der Waals surface area contributed by atoms with Crippen LogP contribution in [0.25, 0.3) is 0 Å². The molecule has 2 bridgehead atoms. The quantitative estimate of drug-likeness (QED) is 0.799. The summed E-state index contributed by atoms with van der Waals surface area (Å²) in [5.74, 6) is 1.12. The van der Waals surface area contributed by atoms with Gasteiger partial charge in [0.1, 0.15) is 5.76 Å². The van der Waals surface area contributed by atoms with Crippen molar-refractivity contribution in [1.82, 2.24) is 10.2 Å². The lowest BCUT2D eigenvalue weighted by atomic mass is 10.2. The highest BCUT2D eigenvalue weighted by molar-refractivity contribution is 5.17. The van der Waals surface area contributed by atoms with Crippen LogP contribution in [-0.4, -0.2) is 36.7 Å². The molecule has 2 unspecified atom stereocenters.